The summed E-state index contributed by atoms with van der Waals surface area (Å²) in [6.07, 6.45) is 6.07. The molecule has 2 aromatic carbocycles. The van der Waals surface area contributed by atoms with Crippen molar-refractivity contribution < 1.29 is 18.0 Å². The van der Waals surface area contributed by atoms with E-state index in [0.29, 0.717) is 25.8 Å². The lowest BCUT2D eigenvalue weighted by Gasteiger charge is -2.33. The first kappa shape index (κ1) is 28.8. The van der Waals surface area contributed by atoms with E-state index in [0.717, 1.165) is 42.7 Å². The smallest absolute Gasteiger partial charge is 0.244 e. The van der Waals surface area contributed by atoms with Crippen LogP contribution in [0.25, 0.3) is 0 Å². The van der Waals surface area contributed by atoms with Crippen LogP contribution in [0.3, 0.4) is 0 Å². The highest BCUT2D eigenvalue weighted by Gasteiger charge is 2.32. The molecule has 1 aliphatic rings. The van der Waals surface area contributed by atoms with E-state index in [2.05, 4.69) is 21.2 Å². The molecule has 0 spiro atoms. The number of nitrogens with one attached hydrogen (secondary N) is 1. The molecule has 2 amide bonds. The second-order valence-corrected chi connectivity index (χ2v) is 12.5. The third-order valence-electron chi connectivity index (χ3n) is 6.31. The van der Waals surface area contributed by atoms with Crippen molar-refractivity contribution in [2.45, 2.75) is 57.7 Å². The third-order valence-corrected chi connectivity index (χ3v) is 8.81. The summed E-state index contributed by atoms with van der Waals surface area (Å²) in [6.45, 7) is 1.08. The Morgan fingerprint density at radius 1 is 1.06 bits per heavy atom. The van der Waals surface area contributed by atoms with E-state index >= 15 is 0 Å². The lowest BCUT2D eigenvalue weighted by molar-refractivity contribution is -0.139. The Balaban J connectivity index is 1.92. The van der Waals surface area contributed by atoms with Gasteiger partial charge < -0.3 is 10.2 Å². The molecule has 2 aromatic rings. The van der Waals surface area contributed by atoms with Crippen LogP contribution in [-0.4, -0.2) is 50.0 Å². The number of nitrogens with zero attached hydrogens (tertiary/aromatic N) is 2. The van der Waals surface area contributed by atoms with Crippen LogP contribution in [0.2, 0.25) is 10.0 Å². The summed E-state index contributed by atoms with van der Waals surface area (Å²) < 4.78 is 26.9. The van der Waals surface area contributed by atoms with Gasteiger partial charge in [-0.1, -0.05) is 60.7 Å². The minimum Gasteiger partial charge on any atom is -0.352 e. The van der Waals surface area contributed by atoms with Crippen LogP contribution in [0.5, 0.6) is 0 Å². The maximum atomic E-state index is 13.7. The first-order valence-electron chi connectivity index (χ1n) is 11.7. The number of hydrogen-bond acceptors (Lipinski definition) is 4. The normalized spacial score (nSPS) is 15.2. The molecule has 0 aromatic heterocycles. The van der Waals surface area contributed by atoms with Crippen molar-refractivity contribution in [2.75, 3.05) is 17.1 Å². The van der Waals surface area contributed by atoms with Crippen molar-refractivity contribution in [3.05, 3.63) is 62.5 Å². The van der Waals surface area contributed by atoms with Gasteiger partial charge in [0.05, 0.1) is 11.9 Å². The second kappa shape index (κ2) is 12.6. The van der Waals surface area contributed by atoms with Crippen molar-refractivity contribution in [2.24, 2.45) is 0 Å². The fourth-order valence-corrected chi connectivity index (χ4v) is 6.25. The Kier molecular flexibility index (Phi) is 10.1. The first-order valence-corrected chi connectivity index (χ1v) is 15.1. The molecule has 0 radical (unpaired) electrons. The molecule has 0 bridgehead atoms. The number of benzene rings is 2. The maximum Gasteiger partial charge on any atom is 0.244 e. The minimum absolute atomic E-state index is 0.0514. The van der Waals surface area contributed by atoms with Gasteiger partial charge in [0.25, 0.3) is 0 Å². The Labute approximate surface area is 231 Å². The van der Waals surface area contributed by atoms with E-state index in [1.54, 1.807) is 49.4 Å². The van der Waals surface area contributed by atoms with Crippen LogP contribution in [0, 0.1) is 0 Å². The van der Waals surface area contributed by atoms with Crippen molar-refractivity contribution in [3.8, 4) is 0 Å². The summed E-state index contributed by atoms with van der Waals surface area (Å²) in [7, 11) is -3.82. The summed E-state index contributed by atoms with van der Waals surface area (Å²) in [4.78, 5) is 28.2. The van der Waals surface area contributed by atoms with Gasteiger partial charge >= 0.3 is 0 Å². The molecular formula is C25H30BrCl2N3O4S. The van der Waals surface area contributed by atoms with Gasteiger partial charge in [-0.05, 0) is 60.0 Å². The topological polar surface area (TPSA) is 86.8 Å². The molecule has 1 fully saturated rings. The van der Waals surface area contributed by atoms with E-state index in [1.165, 1.54) is 4.90 Å². The molecule has 0 saturated heterocycles. The number of amides is 2. The molecule has 36 heavy (non-hydrogen) atoms. The molecule has 1 saturated carbocycles. The quantitative estimate of drug-likeness (QED) is 0.408. The molecule has 7 nitrogen and oxygen atoms in total. The van der Waals surface area contributed by atoms with E-state index < -0.39 is 28.5 Å². The van der Waals surface area contributed by atoms with E-state index in [4.69, 9.17) is 23.2 Å². The average Bonchev–Trinajstić information content (AvgIpc) is 2.82. The zero-order chi connectivity index (χ0) is 26.5. The van der Waals surface area contributed by atoms with Gasteiger partial charge in [-0.2, -0.15) is 0 Å². The van der Waals surface area contributed by atoms with Gasteiger partial charge in [0.15, 0.2) is 0 Å². The Morgan fingerprint density at radius 3 is 2.25 bits per heavy atom. The minimum atomic E-state index is -3.82. The predicted molar refractivity (Wildman–Crippen MR) is 148 cm³/mol. The molecule has 3 rings (SSSR count). The SMILES string of the molecule is C[C@H](C(=O)NC1CCCCC1)N(Cc1c(Cl)cccc1Cl)C(=O)CN(c1ccccc1Br)S(C)(=O)=O. The highest BCUT2D eigenvalue weighted by molar-refractivity contribution is 9.10. The number of rotatable bonds is 9. The van der Waals surface area contributed by atoms with Crippen molar-refractivity contribution in [3.63, 3.8) is 0 Å². The highest BCUT2D eigenvalue weighted by atomic mass is 79.9. The van der Waals surface area contributed by atoms with E-state index in [1.807, 2.05) is 0 Å². The molecule has 11 heteroatoms. The van der Waals surface area contributed by atoms with E-state index in [-0.39, 0.29) is 18.5 Å². The number of hydrogen-bond donors (Lipinski definition) is 1. The highest BCUT2D eigenvalue weighted by Crippen LogP contribution is 2.29. The number of para-hydroxylation sites is 1. The van der Waals surface area contributed by atoms with Crippen LogP contribution in [0.4, 0.5) is 5.69 Å². The maximum absolute atomic E-state index is 13.7. The Morgan fingerprint density at radius 2 is 1.67 bits per heavy atom. The summed E-state index contributed by atoms with van der Waals surface area (Å²) in [6, 6.07) is 10.9. The summed E-state index contributed by atoms with van der Waals surface area (Å²) in [5, 5.41) is 3.76. The van der Waals surface area contributed by atoms with Gasteiger partial charge in [0.2, 0.25) is 21.8 Å². The largest absolute Gasteiger partial charge is 0.352 e. The molecule has 1 atom stereocenters. The number of anilines is 1. The zero-order valence-corrected chi connectivity index (χ0v) is 24.1. The second-order valence-electron chi connectivity index (χ2n) is 8.96. The monoisotopic (exact) mass is 617 g/mol. The van der Waals surface area contributed by atoms with Crippen molar-refractivity contribution >= 4 is 66.7 Å². The van der Waals surface area contributed by atoms with Gasteiger partial charge in [-0.3, -0.25) is 13.9 Å². The van der Waals surface area contributed by atoms with Gasteiger partial charge in [0.1, 0.15) is 12.6 Å². The molecule has 0 aliphatic heterocycles. The van der Waals surface area contributed by atoms with Gasteiger partial charge in [0, 0.05) is 32.7 Å². The predicted octanol–water partition coefficient (Wildman–Crippen LogP) is 5.39. The van der Waals surface area contributed by atoms with E-state index in [9.17, 15) is 18.0 Å². The van der Waals surface area contributed by atoms with Crippen LogP contribution in [0.1, 0.15) is 44.6 Å². The summed E-state index contributed by atoms with van der Waals surface area (Å²) in [5.41, 5.74) is 0.807. The molecule has 0 heterocycles. The molecule has 1 aliphatic carbocycles. The summed E-state index contributed by atoms with van der Waals surface area (Å²) >= 11 is 16.1. The zero-order valence-electron chi connectivity index (χ0n) is 20.2. The Bertz CT molecular complexity index is 1190. The third kappa shape index (κ3) is 7.37. The standard InChI is InChI=1S/C25H30BrCl2N3O4S/c1-17(25(33)29-18-9-4-3-5-10-18)30(15-19-21(27)12-8-13-22(19)28)24(32)16-31(36(2,34)35)23-14-7-6-11-20(23)26/h6-8,11-14,17-18H,3-5,9-10,15-16H2,1-2H3,(H,29,33)/t17-/m1/s1. The van der Waals surface area contributed by atoms with Crippen LogP contribution >= 0.6 is 39.1 Å². The van der Waals surface area contributed by atoms with Crippen LogP contribution < -0.4 is 9.62 Å². The molecule has 0 unspecified atom stereocenters. The average molecular weight is 619 g/mol. The molecule has 1 N–H and O–H groups in total. The fraction of sp³-hybridized carbons (Fsp3) is 0.440. The molecular weight excluding hydrogens is 589 g/mol. The van der Waals surface area contributed by atoms with Gasteiger partial charge in [-0.15, -0.1) is 0 Å². The van der Waals surface area contributed by atoms with Crippen molar-refractivity contribution in [1.29, 1.82) is 0 Å². The lowest BCUT2D eigenvalue weighted by Crippen LogP contribution is -2.53. The number of carbonyl (C=O) groups excluding carboxylic acids is 2. The lowest BCUT2D eigenvalue weighted by atomic mass is 9.95. The van der Waals surface area contributed by atoms with Crippen molar-refractivity contribution in [1.82, 2.24) is 10.2 Å². The van der Waals surface area contributed by atoms with Crippen LogP contribution in [0.15, 0.2) is 46.9 Å². The number of carbonyl (C=O) groups is 2. The molecule has 196 valence electrons. The van der Waals surface area contributed by atoms with Gasteiger partial charge in [-0.25, -0.2) is 8.42 Å². The first-order chi connectivity index (χ1) is 17.0. The summed E-state index contributed by atoms with van der Waals surface area (Å²) in [5.74, 6) is -0.858. The number of sulfonamides is 1. The number of halogens is 3. The van der Waals surface area contributed by atoms with Crippen LogP contribution in [-0.2, 0) is 26.2 Å². The Hall–Kier alpha value is -1.81. The fourth-order valence-electron chi connectivity index (χ4n) is 4.25.